The Hall–Kier alpha value is -0.640. The molecule has 1 aromatic rings. The van der Waals surface area contributed by atoms with Crippen LogP contribution in [-0.2, 0) is 6.54 Å². The van der Waals surface area contributed by atoms with Crippen LogP contribution in [0.25, 0.3) is 0 Å². The van der Waals surface area contributed by atoms with Crippen LogP contribution in [0.1, 0.15) is 32.8 Å². The maximum Gasteiger partial charge on any atom is 0.124 e. The summed E-state index contributed by atoms with van der Waals surface area (Å²) in [7, 11) is 0. The number of hydrogen-bond acceptors (Lipinski definition) is 2. The molecule has 0 heterocycles. The molecule has 0 radical (unpaired) electrons. The van der Waals surface area contributed by atoms with Crippen molar-refractivity contribution in [1.29, 1.82) is 0 Å². The topological polar surface area (TPSA) is 32.3 Å². The van der Waals surface area contributed by atoms with Crippen LogP contribution >= 0.6 is 11.6 Å². The van der Waals surface area contributed by atoms with Crippen LogP contribution in [0.2, 0.25) is 5.02 Å². The molecule has 0 fully saturated rings. The second kappa shape index (κ2) is 6.50. The summed E-state index contributed by atoms with van der Waals surface area (Å²) in [5.41, 5.74) is 0.917. The molecule has 4 heteroatoms. The van der Waals surface area contributed by atoms with Crippen molar-refractivity contribution >= 4 is 11.6 Å². The highest BCUT2D eigenvalue weighted by Crippen LogP contribution is 2.23. The zero-order chi connectivity index (χ0) is 13.8. The predicted molar refractivity (Wildman–Crippen MR) is 73.2 cm³/mol. The van der Waals surface area contributed by atoms with Crippen molar-refractivity contribution in [2.75, 3.05) is 6.61 Å². The Morgan fingerprint density at radius 3 is 2.56 bits per heavy atom. The monoisotopic (exact) mass is 273 g/mol. The summed E-state index contributed by atoms with van der Waals surface area (Å²) in [6.07, 6.45) is 0.683. The number of benzene rings is 1. The molecule has 1 atom stereocenters. The van der Waals surface area contributed by atoms with Gasteiger partial charge in [0.1, 0.15) is 5.82 Å². The fraction of sp³-hybridized carbons (Fsp3) is 0.571. The van der Waals surface area contributed by atoms with Gasteiger partial charge in [-0.3, -0.25) is 0 Å². The molecule has 1 unspecified atom stereocenters. The molecule has 0 saturated carbocycles. The summed E-state index contributed by atoms with van der Waals surface area (Å²) in [6, 6.07) is 4.59. The lowest BCUT2D eigenvalue weighted by atomic mass is 9.85. The molecule has 2 nitrogen and oxygen atoms in total. The Kier molecular flexibility index (Phi) is 5.57. The van der Waals surface area contributed by atoms with Crippen molar-refractivity contribution in [2.24, 2.45) is 5.41 Å². The molecular formula is C14H21ClFNO. The Bertz CT molecular complexity index is 390. The number of aliphatic hydroxyl groups excluding tert-OH is 1. The van der Waals surface area contributed by atoms with Crippen LogP contribution in [-0.4, -0.2) is 17.8 Å². The highest BCUT2D eigenvalue weighted by molar-refractivity contribution is 6.31. The molecule has 0 bridgehead atoms. The Balaban J connectivity index is 2.67. The molecule has 0 aromatic heterocycles. The highest BCUT2D eigenvalue weighted by Gasteiger charge is 2.23. The van der Waals surface area contributed by atoms with Gasteiger partial charge in [0.15, 0.2) is 0 Å². The first-order chi connectivity index (χ1) is 8.34. The van der Waals surface area contributed by atoms with E-state index in [-0.39, 0.29) is 23.9 Å². The first-order valence-corrected chi connectivity index (χ1v) is 6.50. The highest BCUT2D eigenvalue weighted by atomic mass is 35.5. The minimum Gasteiger partial charge on any atom is -0.396 e. The molecule has 1 rings (SSSR count). The zero-order valence-electron chi connectivity index (χ0n) is 11.1. The molecule has 2 N–H and O–H groups in total. The van der Waals surface area contributed by atoms with Gasteiger partial charge in [0.25, 0.3) is 0 Å². The van der Waals surface area contributed by atoms with Crippen LogP contribution in [0.5, 0.6) is 0 Å². The minimum absolute atomic E-state index is 0.0508. The maximum atomic E-state index is 12.9. The molecule has 0 aliphatic carbocycles. The molecule has 1 aromatic carbocycles. The maximum absolute atomic E-state index is 12.9. The van der Waals surface area contributed by atoms with E-state index in [0.29, 0.717) is 18.0 Å². The molecule has 0 aliphatic rings. The van der Waals surface area contributed by atoms with E-state index in [4.69, 9.17) is 16.7 Å². The molecule has 0 saturated heterocycles. The largest absolute Gasteiger partial charge is 0.396 e. The van der Waals surface area contributed by atoms with Gasteiger partial charge in [-0.25, -0.2) is 4.39 Å². The Morgan fingerprint density at radius 2 is 2.06 bits per heavy atom. The van der Waals surface area contributed by atoms with Gasteiger partial charge < -0.3 is 10.4 Å². The van der Waals surface area contributed by atoms with E-state index in [0.717, 1.165) is 5.56 Å². The standard InChI is InChI=1S/C14H21ClFNO/c1-14(2,3)13(6-7-18)17-9-10-4-5-11(16)8-12(10)15/h4-5,8,13,17-18H,6-7,9H2,1-3H3. The van der Waals surface area contributed by atoms with Gasteiger partial charge in [0.05, 0.1) is 0 Å². The predicted octanol–water partition coefficient (Wildman–Crippen LogP) is 3.37. The summed E-state index contributed by atoms with van der Waals surface area (Å²) in [4.78, 5) is 0. The third-order valence-corrected chi connectivity index (χ3v) is 3.37. The summed E-state index contributed by atoms with van der Waals surface area (Å²) >= 11 is 5.97. The third-order valence-electron chi connectivity index (χ3n) is 3.02. The second-order valence-electron chi connectivity index (χ2n) is 5.55. The van der Waals surface area contributed by atoms with E-state index in [1.807, 2.05) is 0 Å². The Labute approximate surface area is 113 Å². The molecule has 0 spiro atoms. The van der Waals surface area contributed by atoms with E-state index < -0.39 is 0 Å². The fourth-order valence-corrected chi connectivity index (χ4v) is 2.10. The summed E-state index contributed by atoms with van der Waals surface area (Å²) in [6.45, 7) is 7.07. The number of halogens is 2. The first-order valence-electron chi connectivity index (χ1n) is 6.12. The van der Waals surface area contributed by atoms with Crippen molar-refractivity contribution in [3.63, 3.8) is 0 Å². The van der Waals surface area contributed by atoms with Gasteiger partial charge >= 0.3 is 0 Å². The quantitative estimate of drug-likeness (QED) is 0.862. The lowest BCUT2D eigenvalue weighted by Crippen LogP contribution is -2.40. The third kappa shape index (κ3) is 4.56. The molecule has 102 valence electrons. The van der Waals surface area contributed by atoms with Gasteiger partial charge in [-0.2, -0.15) is 0 Å². The number of rotatable bonds is 5. The lowest BCUT2D eigenvalue weighted by Gasteiger charge is -2.31. The molecule has 0 aliphatic heterocycles. The van der Waals surface area contributed by atoms with Crippen LogP contribution < -0.4 is 5.32 Å². The van der Waals surface area contributed by atoms with E-state index in [9.17, 15) is 4.39 Å². The van der Waals surface area contributed by atoms with E-state index in [1.54, 1.807) is 6.07 Å². The van der Waals surface area contributed by atoms with E-state index >= 15 is 0 Å². The van der Waals surface area contributed by atoms with Crippen LogP contribution in [0.4, 0.5) is 4.39 Å². The Morgan fingerprint density at radius 1 is 1.39 bits per heavy atom. The van der Waals surface area contributed by atoms with Gasteiger partial charge in [-0.15, -0.1) is 0 Å². The number of hydrogen-bond donors (Lipinski definition) is 2. The normalized spacial score (nSPS) is 13.7. The SMILES string of the molecule is CC(C)(C)C(CCO)NCc1ccc(F)cc1Cl. The molecular weight excluding hydrogens is 253 g/mol. The van der Waals surface area contributed by atoms with Crippen LogP contribution in [0.15, 0.2) is 18.2 Å². The van der Waals surface area contributed by atoms with Gasteiger partial charge in [-0.05, 0) is 29.5 Å². The van der Waals surface area contributed by atoms with Crippen LogP contribution in [0, 0.1) is 11.2 Å². The summed E-state index contributed by atoms with van der Waals surface area (Å²) in [5.74, 6) is -0.327. The number of aliphatic hydroxyl groups is 1. The number of nitrogens with one attached hydrogen (secondary N) is 1. The summed E-state index contributed by atoms with van der Waals surface area (Å²) in [5, 5.41) is 12.9. The van der Waals surface area contributed by atoms with Crippen molar-refractivity contribution in [3.8, 4) is 0 Å². The van der Waals surface area contributed by atoms with Gasteiger partial charge in [-0.1, -0.05) is 38.4 Å². The van der Waals surface area contributed by atoms with E-state index in [2.05, 4.69) is 26.1 Å². The van der Waals surface area contributed by atoms with Crippen molar-refractivity contribution < 1.29 is 9.50 Å². The lowest BCUT2D eigenvalue weighted by molar-refractivity contribution is 0.196. The minimum atomic E-state index is -0.327. The smallest absolute Gasteiger partial charge is 0.124 e. The van der Waals surface area contributed by atoms with E-state index in [1.165, 1.54) is 12.1 Å². The average molecular weight is 274 g/mol. The molecule has 0 amide bonds. The average Bonchev–Trinajstić information content (AvgIpc) is 2.24. The fourth-order valence-electron chi connectivity index (χ4n) is 1.87. The van der Waals surface area contributed by atoms with Crippen molar-refractivity contribution in [3.05, 3.63) is 34.6 Å². The van der Waals surface area contributed by atoms with Crippen molar-refractivity contribution in [2.45, 2.75) is 39.8 Å². The first kappa shape index (κ1) is 15.4. The summed E-state index contributed by atoms with van der Waals surface area (Å²) < 4.78 is 12.9. The molecule has 18 heavy (non-hydrogen) atoms. The zero-order valence-corrected chi connectivity index (χ0v) is 11.9. The second-order valence-corrected chi connectivity index (χ2v) is 5.95. The van der Waals surface area contributed by atoms with Crippen molar-refractivity contribution in [1.82, 2.24) is 5.32 Å². The van der Waals surface area contributed by atoms with Gasteiger partial charge in [0, 0.05) is 24.2 Å². The van der Waals surface area contributed by atoms with Gasteiger partial charge in [0.2, 0.25) is 0 Å². The van der Waals surface area contributed by atoms with Crippen LogP contribution in [0.3, 0.4) is 0 Å².